The highest BCUT2D eigenvalue weighted by Crippen LogP contribution is 2.48. The van der Waals surface area contributed by atoms with Gasteiger partial charge in [0.05, 0.1) is 21.8 Å². The van der Waals surface area contributed by atoms with E-state index in [1.807, 2.05) is 130 Å². The number of phenolic OH excluding ortho intramolecular Hbond substituents is 2. The van der Waals surface area contributed by atoms with Crippen LogP contribution < -0.4 is 25.8 Å². The van der Waals surface area contributed by atoms with Crippen molar-refractivity contribution in [3.05, 3.63) is 238 Å². The third-order valence-electron chi connectivity index (χ3n) is 17.9. The van der Waals surface area contributed by atoms with Crippen LogP contribution in [0, 0.1) is 0 Å². The zero-order valence-electron chi connectivity index (χ0n) is 57.7. The summed E-state index contributed by atoms with van der Waals surface area (Å²) in [6.07, 6.45) is 22.0. The molecular formula is C78H90N7O12S2+. The summed E-state index contributed by atoms with van der Waals surface area (Å²) in [4.78, 5) is 53.6. The van der Waals surface area contributed by atoms with E-state index in [0.29, 0.717) is 51.0 Å². The van der Waals surface area contributed by atoms with Crippen LogP contribution >= 0.6 is 0 Å². The monoisotopic (exact) mass is 1380 g/mol. The molecule has 0 radical (unpaired) electrons. The second-order valence-corrected chi connectivity index (χ2v) is 28.8. The van der Waals surface area contributed by atoms with Crippen molar-refractivity contribution in [1.29, 1.82) is 0 Å². The van der Waals surface area contributed by atoms with Gasteiger partial charge in [0.1, 0.15) is 42.3 Å². The first-order chi connectivity index (χ1) is 47.0. The molecular weight excluding hydrogens is 1290 g/mol. The van der Waals surface area contributed by atoms with Crippen LogP contribution in [0.1, 0.15) is 117 Å². The van der Waals surface area contributed by atoms with E-state index in [0.717, 1.165) is 91.6 Å². The third-order valence-corrected chi connectivity index (χ3v) is 19.5. The fourth-order valence-electron chi connectivity index (χ4n) is 12.3. The number of rotatable bonds is 27. The number of nitrogens with zero attached hydrogens (tertiary/aromatic N) is 4. The minimum atomic E-state index is -4.61. The maximum Gasteiger partial charge on any atom is 0.294 e. The summed E-state index contributed by atoms with van der Waals surface area (Å²) in [5, 5.41) is 27.1. The van der Waals surface area contributed by atoms with Crippen LogP contribution in [0.5, 0.6) is 11.5 Å². The van der Waals surface area contributed by atoms with Crippen LogP contribution in [-0.4, -0.2) is 141 Å². The van der Waals surface area contributed by atoms with E-state index in [1.54, 1.807) is 48.5 Å². The van der Waals surface area contributed by atoms with Crippen molar-refractivity contribution in [2.45, 2.75) is 107 Å². The molecule has 6 aromatic carbocycles. The highest BCUT2D eigenvalue weighted by Gasteiger charge is 2.45. The standard InChI is InChI=1S/C43H52N4O9S2.C35H37N3O3/c1-6-46-36-22-20-32(57(51,52)53)27-34(36)42(2,3)38(46)13-9-7-10-14-39-43(4,5)35-28-33(58(54,55)56)21-23-37(35)47(39)26-12-8-11-15-40(49)45-29-41(50)44-25-24-30-16-18-31(48)19-17-30;1-37(2)30-15-11-28(12-16-30)35(29-13-17-31(18-14-29)38(3)4)27-9-7-26(8-10-27)33(40)21-22-34(41)36-24-23-25-5-19-32(39)20-6-25/h7,9-10,13-14,16-23,27-28H,6,8,11-12,15,24-26,29H2,1-5H3,(H4-,44,45,48,49,50,51,52,53,54,55,56);5-20H,21-24H2,1-4H3,(H-,36,39,41)/p+1. The van der Waals surface area contributed by atoms with Gasteiger partial charge in [-0.15, -0.1) is 0 Å². The Morgan fingerprint density at radius 2 is 1.17 bits per heavy atom. The van der Waals surface area contributed by atoms with Gasteiger partial charge in [0.15, 0.2) is 17.2 Å². The summed E-state index contributed by atoms with van der Waals surface area (Å²) < 4.78 is 73.5. The highest BCUT2D eigenvalue weighted by atomic mass is 32.2. The lowest BCUT2D eigenvalue weighted by molar-refractivity contribution is -0.462. The maximum absolute atomic E-state index is 12.9. The Kier molecular flexibility index (Phi) is 25.1. The Morgan fingerprint density at radius 1 is 0.616 bits per heavy atom. The molecule has 0 aromatic heterocycles. The van der Waals surface area contributed by atoms with E-state index in [2.05, 4.69) is 83.5 Å². The predicted octanol–water partition coefficient (Wildman–Crippen LogP) is 11.2. The van der Waals surface area contributed by atoms with Crippen molar-refractivity contribution in [3.8, 4) is 11.5 Å². The maximum atomic E-state index is 12.9. The molecule has 3 aliphatic rings. The number of hydrogen-bond acceptors (Lipinski definition) is 13. The SMILES string of the molecule is CCN1C(=CC=CC=CC2=[N+](CCCCCC(=O)NCC(=O)NCCc3ccc(O)cc3)c3ccc(S(=O)(=O)O)cc3C2(C)C)C(C)(C)c2cc(S(=O)(=O)[O-])ccc21.CN(C)c1ccc(C(=C2C=CC(=[N+](C)C)C=C2)c2ccc(C(=O)CCC(=O)NCCc3ccc(O)cc3)cc2)cc1. The van der Waals surface area contributed by atoms with E-state index >= 15 is 0 Å². The fourth-order valence-corrected chi connectivity index (χ4v) is 13.3. The quantitative estimate of drug-likeness (QED) is 0.00921. The van der Waals surface area contributed by atoms with Crippen molar-refractivity contribution < 1.29 is 64.5 Å². The lowest BCUT2D eigenvalue weighted by atomic mass is 9.81. The van der Waals surface area contributed by atoms with Gasteiger partial charge in [0, 0.05) is 117 Å². The van der Waals surface area contributed by atoms with Crippen LogP contribution in [0.25, 0.3) is 5.57 Å². The lowest BCUT2D eigenvalue weighted by Crippen LogP contribution is -2.37. The van der Waals surface area contributed by atoms with E-state index in [1.165, 1.54) is 24.3 Å². The van der Waals surface area contributed by atoms with Gasteiger partial charge in [-0.1, -0.05) is 92.7 Å². The van der Waals surface area contributed by atoms with Crippen molar-refractivity contribution in [1.82, 2.24) is 16.0 Å². The first-order valence-corrected chi connectivity index (χ1v) is 35.9. The average Bonchev–Trinajstić information content (AvgIpc) is 1.60. The molecule has 6 aromatic rings. The summed E-state index contributed by atoms with van der Waals surface area (Å²) in [5.41, 5.74) is 13.0. The predicted molar refractivity (Wildman–Crippen MR) is 389 cm³/mol. The Labute approximate surface area is 582 Å². The molecule has 1 aliphatic carbocycles. The molecule has 19 nitrogen and oxygen atoms in total. The first-order valence-electron chi connectivity index (χ1n) is 33.1. The Balaban J connectivity index is 0.000000267. The zero-order valence-corrected chi connectivity index (χ0v) is 59.3. The van der Waals surface area contributed by atoms with Crippen molar-refractivity contribution in [2.75, 3.05) is 70.7 Å². The number of carbonyl (C=O) groups excluding carboxylic acids is 4. The number of aromatic hydroxyl groups is 2. The number of carbonyl (C=O) groups is 4. The number of Topliss-reactive ketones (excluding diaryl/α,β-unsaturated/α-hetero) is 1. The number of anilines is 2. The number of likely N-dealkylation sites (N-methyl/N-ethyl adjacent to an activating group) is 1. The van der Waals surface area contributed by atoms with Gasteiger partial charge in [0.25, 0.3) is 10.1 Å². The van der Waals surface area contributed by atoms with E-state index in [-0.39, 0.29) is 70.6 Å². The number of unbranched alkanes of at least 4 members (excludes halogenated alkanes) is 2. The molecule has 0 bridgehead atoms. The number of benzene rings is 6. The summed E-state index contributed by atoms with van der Waals surface area (Å²) in [5.74, 6) is -0.312. The van der Waals surface area contributed by atoms with Gasteiger partial charge in [-0.2, -0.15) is 13.0 Å². The fraction of sp³-hybridized carbons (Fsp3) is 0.308. The molecule has 0 spiro atoms. The molecule has 0 fully saturated rings. The molecule has 0 saturated heterocycles. The molecule has 0 saturated carbocycles. The number of allylic oxidation sites excluding steroid dienone is 11. The van der Waals surface area contributed by atoms with E-state index < -0.39 is 31.1 Å². The van der Waals surface area contributed by atoms with E-state index in [9.17, 15) is 55.3 Å². The number of amides is 3. The van der Waals surface area contributed by atoms with Gasteiger partial charge in [-0.05, 0) is 170 Å². The largest absolute Gasteiger partial charge is 0.744 e. The summed E-state index contributed by atoms with van der Waals surface area (Å²) in [6.45, 7) is 11.9. The van der Waals surface area contributed by atoms with Gasteiger partial charge >= 0.3 is 0 Å². The van der Waals surface area contributed by atoms with Crippen LogP contribution in [0.2, 0.25) is 0 Å². The zero-order chi connectivity index (χ0) is 71.8. The molecule has 3 amide bonds. The summed E-state index contributed by atoms with van der Waals surface area (Å²) in [6, 6.07) is 38.9. The Morgan fingerprint density at radius 3 is 1.74 bits per heavy atom. The van der Waals surface area contributed by atoms with Gasteiger partial charge in [0.2, 0.25) is 23.4 Å². The molecule has 21 heteroatoms. The molecule has 0 unspecified atom stereocenters. The van der Waals surface area contributed by atoms with Gasteiger partial charge < -0.3 is 40.5 Å². The van der Waals surface area contributed by atoms with Crippen molar-refractivity contribution in [3.63, 3.8) is 0 Å². The first kappa shape index (κ1) is 75.0. The van der Waals surface area contributed by atoms with Crippen LogP contribution in [0.15, 0.2) is 209 Å². The molecule has 9 rings (SSSR count). The highest BCUT2D eigenvalue weighted by molar-refractivity contribution is 7.86. The minimum Gasteiger partial charge on any atom is -0.744 e. The van der Waals surface area contributed by atoms with Crippen LogP contribution in [0.4, 0.5) is 17.1 Å². The number of hydrogen-bond donors (Lipinski definition) is 6. The lowest BCUT2D eigenvalue weighted by Gasteiger charge is -2.25. The Bertz CT molecular complexity index is 4440. The van der Waals surface area contributed by atoms with Crippen LogP contribution in [0.3, 0.4) is 0 Å². The third kappa shape index (κ3) is 19.7. The number of fused-ring (bicyclic) bond motifs is 2. The second-order valence-electron chi connectivity index (χ2n) is 26.0. The minimum absolute atomic E-state index is 0.0579. The van der Waals surface area contributed by atoms with E-state index in [4.69, 9.17) is 0 Å². The molecule has 2 heterocycles. The summed E-state index contributed by atoms with van der Waals surface area (Å²) in [7, 11) is -0.945. The van der Waals surface area contributed by atoms with Crippen molar-refractivity contribution in [2.24, 2.45) is 0 Å². The van der Waals surface area contributed by atoms with Gasteiger partial charge in [-0.3, -0.25) is 23.7 Å². The topological polar surface area (TPSA) is 269 Å². The average molecular weight is 1380 g/mol. The molecule has 99 heavy (non-hydrogen) atoms. The molecule has 6 N–H and O–H groups in total. The Hall–Kier alpha value is -9.80. The number of ketones is 1. The molecule has 0 atom stereocenters. The normalized spacial score (nSPS) is 14.9. The molecule has 520 valence electrons. The molecule has 2 aliphatic heterocycles. The number of phenols is 2. The summed E-state index contributed by atoms with van der Waals surface area (Å²) >= 11 is 0. The van der Waals surface area contributed by atoms with Crippen molar-refractivity contribution >= 4 is 77.8 Å². The smallest absolute Gasteiger partial charge is 0.294 e. The van der Waals surface area contributed by atoms with Gasteiger partial charge in [-0.25, -0.2) is 13.0 Å². The second kappa shape index (κ2) is 33.2. The number of nitrogens with one attached hydrogen (secondary N) is 3. The van der Waals surface area contributed by atoms with Crippen LogP contribution in [-0.2, 0) is 58.3 Å².